The summed E-state index contributed by atoms with van der Waals surface area (Å²) in [5, 5.41) is 8.46. The second-order valence-electron chi connectivity index (χ2n) is 3.05. The lowest BCUT2D eigenvalue weighted by molar-refractivity contribution is -0.136. The predicted octanol–water partition coefficient (Wildman–Crippen LogP) is 3.46. The fraction of sp³-hybridized carbons (Fsp3) is 0.364. The molecule has 0 spiro atoms. The van der Waals surface area contributed by atoms with E-state index in [-0.39, 0.29) is 6.42 Å². The van der Waals surface area contributed by atoms with Crippen molar-refractivity contribution in [3.8, 4) is 0 Å². The van der Waals surface area contributed by atoms with E-state index in [1.54, 1.807) is 21.6 Å². The molecule has 15 heavy (non-hydrogen) atoms. The number of hydrogen-bond donors (Lipinski definition) is 1. The molecule has 0 bridgehead atoms. The van der Waals surface area contributed by atoms with Crippen LogP contribution in [0.15, 0.2) is 29.2 Å². The van der Waals surface area contributed by atoms with Gasteiger partial charge in [-0.05, 0) is 24.1 Å². The van der Waals surface area contributed by atoms with E-state index >= 15 is 0 Å². The fourth-order valence-electron chi connectivity index (χ4n) is 1.02. The molecule has 1 N–H and O–H groups in total. The molecule has 1 aromatic carbocycles. The van der Waals surface area contributed by atoms with Crippen molar-refractivity contribution in [2.45, 2.75) is 24.7 Å². The van der Waals surface area contributed by atoms with Gasteiger partial charge in [-0.2, -0.15) is 0 Å². The van der Waals surface area contributed by atoms with Gasteiger partial charge in [0.1, 0.15) is 0 Å². The standard InChI is InChI=1S/C11H14O2S2/c1-2-9-3-5-10(6-4-9)15-14-8-7-11(12)13/h3-6H,2,7-8H2,1H3,(H,12,13). The Morgan fingerprint density at radius 2 is 2.00 bits per heavy atom. The quantitative estimate of drug-likeness (QED) is 0.612. The summed E-state index contributed by atoms with van der Waals surface area (Å²) in [5.41, 5.74) is 1.33. The molecule has 0 aromatic heterocycles. The molecule has 0 aliphatic heterocycles. The molecular formula is C11H14O2S2. The van der Waals surface area contributed by atoms with Crippen LogP contribution in [0.5, 0.6) is 0 Å². The molecule has 2 nitrogen and oxygen atoms in total. The molecule has 0 radical (unpaired) electrons. The first-order valence-corrected chi connectivity index (χ1v) is 7.14. The van der Waals surface area contributed by atoms with Crippen LogP contribution in [0, 0.1) is 0 Å². The third-order valence-corrected chi connectivity index (χ3v) is 4.27. The van der Waals surface area contributed by atoms with Crippen LogP contribution in [0.1, 0.15) is 18.9 Å². The zero-order valence-corrected chi connectivity index (χ0v) is 10.2. The van der Waals surface area contributed by atoms with Gasteiger partial charge in [0.2, 0.25) is 0 Å². The number of rotatable bonds is 6. The molecular weight excluding hydrogens is 228 g/mol. The van der Waals surface area contributed by atoms with Gasteiger partial charge < -0.3 is 5.11 Å². The highest BCUT2D eigenvalue weighted by atomic mass is 33.1. The van der Waals surface area contributed by atoms with Crippen molar-refractivity contribution in [2.24, 2.45) is 0 Å². The van der Waals surface area contributed by atoms with Crippen LogP contribution in [0.3, 0.4) is 0 Å². The maximum atomic E-state index is 10.3. The summed E-state index contributed by atoms with van der Waals surface area (Å²) >= 11 is 0. The zero-order valence-electron chi connectivity index (χ0n) is 8.60. The van der Waals surface area contributed by atoms with E-state index < -0.39 is 5.97 Å². The molecule has 0 unspecified atom stereocenters. The van der Waals surface area contributed by atoms with Crippen LogP contribution in [0.2, 0.25) is 0 Å². The van der Waals surface area contributed by atoms with Crippen LogP contribution in [0.25, 0.3) is 0 Å². The summed E-state index contributed by atoms with van der Waals surface area (Å²) in [5.74, 6) is -0.0837. The Morgan fingerprint density at radius 3 is 2.53 bits per heavy atom. The number of aliphatic carboxylic acids is 1. The molecule has 1 rings (SSSR count). The number of carbonyl (C=O) groups is 1. The summed E-state index contributed by atoms with van der Waals surface area (Å²) in [7, 11) is 3.22. The zero-order chi connectivity index (χ0) is 11.1. The van der Waals surface area contributed by atoms with Gasteiger partial charge in [0.05, 0.1) is 6.42 Å². The first kappa shape index (κ1) is 12.5. The van der Waals surface area contributed by atoms with E-state index in [9.17, 15) is 4.79 Å². The van der Waals surface area contributed by atoms with Crippen LogP contribution in [-0.2, 0) is 11.2 Å². The van der Waals surface area contributed by atoms with Crippen molar-refractivity contribution < 1.29 is 9.90 Å². The van der Waals surface area contributed by atoms with Crippen molar-refractivity contribution in [2.75, 3.05) is 5.75 Å². The second-order valence-corrected chi connectivity index (χ2v) is 5.54. The Morgan fingerprint density at radius 1 is 1.33 bits per heavy atom. The number of aryl methyl sites for hydroxylation is 1. The minimum Gasteiger partial charge on any atom is -0.481 e. The Balaban J connectivity index is 2.28. The van der Waals surface area contributed by atoms with E-state index in [0.29, 0.717) is 5.75 Å². The molecule has 0 amide bonds. The Bertz CT molecular complexity index is 309. The summed E-state index contributed by atoms with van der Waals surface area (Å²) in [6, 6.07) is 8.38. The van der Waals surface area contributed by atoms with Gasteiger partial charge >= 0.3 is 5.97 Å². The third kappa shape index (κ3) is 5.14. The van der Waals surface area contributed by atoms with Crippen LogP contribution in [0.4, 0.5) is 0 Å². The van der Waals surface area contributed by atoms with E-state index in [1.165, 1.54) is 10.5 Å². The van der Waals surface area contributed by atoms with Gasteiger partial charge in [-0.15, -0.1) is 0 Å². The van der Waals surface area contributed by atoms with Crippen molar-refractivity contribution in [1.82, 2.24) is 0 Å². The van der Waals surface area contributed by atoms with Crippen molar-refractivity contribution >= 4 is 27.6 Å². The van der Waals surface area contributed by atoms with Crippen molar-refractivity contribution in [1.29, 1.82) is 0 Å². The lowest BCUT2D eigenvalue weighted by Gasteiger charge is -2.01. The van der Waals surface area contributed by atoms with Crippen LogP contribution >= 0.6 is 21.6 Å². The molecule has 0 saturated heterocycles. The number of benzene rings is 1. The molecule has 1 aromatic rings. The minimum atomic E-state index is -0.732. The monoisotopic (exact) mass is 242 g/mol. The van der Waals surface area contributed by atoms with E-state index in [0.717, 1.165) is 6.42 Å². The molecule has 0 saturated carbocycles. The molecule has 82 valence electrons. The van der Waals surface area contributed by atoms with Gasteiger partial charge in [0, 0.05) is 10.6 Å². The summed E-state index contributed by atoms with van der Waals surface area (Å²) in [6.07, 6.45) is 1.28. The van der Waals surface area contributed by atoms with E-state index in [1.807, 2.05) is 0 Å². The Kier molecular flexibility index (Phi) is 5.65. The normalized spacial score (nSPS) is 10.2. The van der Waals surface area contributed by atoms with Gasteiger partial charge in [0.15, 0.2) is 0 Å². The highest BCUT2D eigenvalue weighted by Gasteiger charge is 1.98. The van der Waals surface area contributed by atoms with Gasteiger partial charge in [-0.3, -0.25) is 4.79 Å². The van der Waals surface area contributed by atoms with Gasteiger partial charge in [-0.25, -0.2) is 0 Å². The van der Waals surface area contributed by atoms with Crippen molar-refractivity contribution in [3.05, 3.63) is 29.8 Å². The maximum absolute atomic E-state index is 10.3. The average molecular weight is 242 g/mol. The van der Waals surface area contributed by atoms with Gasteiger partial charge in [-0.1, -0.05) is 40.6 Å². The molecule has 0 aliphatic carbocycles. The van der Waals surface area contributed by atoms with Gasteiger partial charge in [0.25, 0.3) is 0 Å². The van der Waals surface area contributed by atoms with Crippen LogP contribution < -0.4 is 0 Å². The summed E-state index contributed by atoms with van der Waals surface area (Å²) < 4.78 is 0. The van der Waals surface area contributed by atoms with E-state index in [2.05, 4.69) is 31.2 Å². The molecule has 0 aliphatic rings. The SMILES string of the molecule is CCc1ccc(SSCCC(=O)O)cc1. The Labute approximate surface area is 97.9 Å². The third-order valence-electron chi connectivity index (χ3n) is 1.89. The molecule has 0 atom stereocenters. The highest BCUT2D eigenvalue weighted by molar-refractivity contribution is 8.76. The average Bonchev–Trinajstić information content (AvgIpc) is 2.25. The highest BCUT2D eigenvalue weighted by Crippen LogP contribution is 2.31. The Hall–Kier alpha value is -0.610. The smallest absolute Gasteiger partial charge is 0.304 e. The first-order chi connectivity index (χ1) is 7.22. The fourth-order valence-corrected chi connectivity index (χ4v) is 2.99. The lowest BCUT2D eigenvalue weighted by atomic mass is 10.2. The summed E-state index contributed by atoms with van der Waals surface area (Å²) in [6.45, 7) is 2.13. The number of carboxylic acids is 1. The van der Waals surface area contributed by atoms with E-state index in [4.69, 9.17) is 5.11 Å². The topological polar surface area (TPSA) is 37.3 Å². The van der Waals surface area contributed by atoms with Crippen molar-refractivity contribution in [3.63, 3.8) is 0 Å². The second kappa shape index (κ2) is 6.80. The largest absolute Gasteiger partial charge is 0.481 e. The minimum absolute atomic E-state index is 0.227. The number of carboxylic acid groups (broad SMARTS) is 1. The molecule has 4 heteroatoms. The number of hydrogen-bond acceptors (Lipinski definition) is 3. The lowest BCUT2D eigenvalue weighted by Crippen LogP contribution is -1.94. The predicted molar refractivity (Wildman–Crippen MR) is 66.4 cm³/mol. The van der Waals surface area contributed by atoms with Crippen LogP contribution in [-0.4, -0.2) is 16.8 Å². The molecule has 0 fully saturated rings. The maximum Gasteiger partial charge on any atom is 0.304 e. The first-order valence-electron chi connectivity index (χ1n) is 4.82. The molecule has 0 heterocycles. The summed E-state index contributed by atoms with van der Waals surface area (Å²) in [4.78, 5) is 11.5.